The van der Waals surface area contributed by atoms with Crippen molar-refractivity contribution >= 4 is 11.8 Å². The number of rotatable bonds is 3. The molecule has 0 bridgehead atoms. The molecular formula is C21H25N3O4. The molecule has 0 aromatic heterocycles. The number of carbonyl (C=O) groups is 1. The summed E-state index contributed by atoms with van der Waals surface area (Å²) in [5.74, 6) is 1.29. The first-order valence-electron chi connectivity index (χ1n) is 9.69. The number of fused-ring (bicyclic) bond motifs is 2. The molecule has 4 atom stereocenters. The number of hydrogen-bond acceptors (Lipinski definition) is 6. The van der Waals surface area contributed by atoms with Crippen molar-refractivity contribution in [3.05, 3.63) is 29.3 Å². The molecule has 1 aromatic rings. The lowest BCUT2D eigenvalue weighted by Crippen LogP contribution is -2.50. The molecule has 1 N–H and O–H groups in total. The summed E-state index contributed by atoms with van der Waals surface area (Å²) in [5, 5.41) is 26.2. The van der Waals surface area contributed by atoms with Gasteiger partial charge in [0.05, 0.1) is 17.6 Å². The molecule has 0 saturated heterocycles. The van der Waals surface area contributed by atoms with Crippen molar-refractivity contribution in [1.82, 2.24) is 5.01 Å². The summed E-state index contributed by atoms with van der Waals surface area (Å²) in [4.78, 5) is 12.4. The molecule has 7 nitrogen and oxygen atoms in total. The number of ether oxygens (including phenoxy) is 2. The van der Waals surface area contributed by atoms with Gasteiger partial charge in [-0.15, -0.1) is 5.10 Å². The van der Waals surface area contributed by atoms with E-state index in [1.807, 2.05) is 13.8 Å². The first kappa shape index (κ1) is 18.8. The lowest BCUT2D eigenvalue weighted by molar-refractivity contribution is -0.135. The van der Waals surface area contributed by atoms with Gasteiger partial charge in [0.25, 0.3) is 0 Å². The van der Waals surface area contributed by atoms with Crippen molar-refractivity contribution < 1.29 is 19.4 Å². The predicted molar refractivity (Wildman–Crippen MR) is 101 cm³/mol. The Bertz CT molecular complexity index is 886. The van der Waals surface area contributed by atoms with Crippen LogP contribution < -0.4 is 4.74 Å². The summed E-state index contributed by atoms with van der Waals surface area (Å²) in [6.45, 7) is 8.20. The Balaban J connectivity index is 1.69. The SMILES string of the molecule is CC(C)CN1N=C(O[C@@H]2c3cc(C#N)ccc3OC(C)(C)[C@H]2O)[C@@H]2C[C@@H]2C1=O. The van der Waals surface area contributed by atoms with Gasteiger partial charge in [0.15, 0.2) is 6.10 Å². The average molecular weight is 383 g/mol. The Morgan fingerprint density at radius 3 is 2.86 bits per heavy atom. The largest absolute Gasteiger partial charge is 0.485 e. The Morgan fingerprint density at radius 1 is 1.43 bits per heavy atom. The monoisotopic (exact) mass is 383 g/mol. The van der Waals surface area contributed by atoms with Gasteiger partial charge in [0.2, 0.25) is 11.8 Å². The van der Waals surface area contributed by atoms with Crippen LogP contribution in [0.25, 0.3) is 0 Å². The summed E-state index contributed by atoms with van der Waals surface area (Å²) in [5.41, 5.74) is 0.227. The van der Waals surface area contributed by atoms with Crippen molar-refractivity contribution in [1.29, 1.82) is 5.26 Å². The van der Waals surface area contributed by atoms with Crippen LogP contribution in [0.4, 0.5) is 0 Å². The zero-order valence-corrected chi connectivity index (χ0v) is 16.5. The van der Waals surface area contributed by atoms with E-state index in [-0.39, 0.29) is 23.7 Å². The van der Waals surface area contributed by atoms with Crippen LogP contribution in [0, 0.1) is 29.1 Å². The maximum absolute atomic E-state index is 12.4. The molecule has 0 spiro atoms. The molecule has 148 valence electrons. The fraction of sp³-hybridized carbons (Fsp3) is 0.571. The maximum atomic E-state index is 12.4. The summed E-state index contributed by atoms with van der Waals surface area (Å²) in [6.07, 6.45) is -0.953. The van der Waals surface area contributed by atoms with Gasteiger partial charge in [-0.05, 0) is 44.4 Å². The van der Waals surface area contributed by atoms with Gasteiger partial charge in [-0.3, -0.25) is 4.79 Å². The fourth-order valence-electron chi connectivity index (χ4n) is 3.83. The van der Waals surface area contributed by atoms with Crippen LogP contribution in [-0.4, -0.2) is 40.2 Å². The van der Waals surface area contributed by atoms with E-state index in [4.69, 9.17) is 9.47 Å². The number of hydrogen-bond donors (Lipinski definition) is 1. The molecule has 1 saturated carbocycles. The molecule has 1 amide bonds. The van der Waals surface area contributed by atoms with Gasteiger partial charge in [-0.25, -0.2) is 5.01 Å². The highest BCUT2D eigenvalue weighted by atomic mass is 16.5. The Hall–Kier alpha value is -2.59. The van der Waals surface area contributed by atoms with Gasteiger partial charge in [0, 0.05) is 18.0 Å². The normalized spacial score (nSPS) is 30.0. The van der Waals surface area contributed by atoms with Crippen molar-refractivity contribution in [2.45, 2.75) is 51.9 Å². The second kappa shape index (κ2) is 6.49. The van der Waals surface area contributed by atoms with Crippen molar-refractivity contribution in [3.8, 4) is 11.8 Å². The Labute approximate surface area is 164 Å². The molecule has 0 unspecified atom stereocenters. The number of hydrazone groups is 1. The van der Waals surface area contributed by atoms with E-state index < -0.39 is 17.8 Å². The molecule has 2 heterocycles. The molecule has 2 aliphatic heterocycles. The third kappa shape index (κ3) is 3.12. The number of carbonyl (C=O) groups excluding carboxylic acids is 1. The van der Waals surface area contributed by atoms with Crippen LogP contribution in [0.1, 0.15) is 51.3 Å². The van der Waals surface area contributed by atoms with Crippen LogP contribution in [0.3, 0.4) is 0 Å². The van der Waals surface area contributed by atoms with E-state index in [0.717, 1.165) is 6.42 Å². The molecule has 1 aromatic carbocycles. The van der Waals surface area contributed by atoms with E-state index in [1.54, 1.807) is 32.0 Å². The van der Waals surface area contributed by atoms with Gasteiger partial charge in [0.1, 0.15) is 17.5 Å². The molecule has 0 radical (unpaired) electrons. The molecule has 3 aliphatic rings. The maximum Gasteiger partial charge on any atom is 0.246 e. The third-order valence-corrected chi connectivity index (χ3v) is 5.50. The summed E-state index contributed by atoms with van der Waals surface area (Å²) in [6, 6.07) is 7.21. The molecular weight excluding hydrogens is 358 g/mol. The van der Waals surface area contributed by atoms with E-state index in [9.17, 15) is 15.2 Å². The summed E-state index contributed by atoms with van der Waals surface area (Å²) in [7, 11) is 0. The topological polar surface area (TPSA) is 95.2 Å². The zero-order chi connectivity index (χ0) is 20.2. The number of aliphatic hydroxyl groups excluding tert-OH is 1. The van der Waals surface area contributed by atoms with Crippen LogP contribution in [0.2, 0.25) is 0 Å². The first-order chi connectivity index (χ1) is 13.2. The third-order valence-electron chi connectivity index (χ3n) is 5.50. The van der Waals surface area contributed by atoms with Gasteiger partial charge < -0.3 is 14.6 Å². The van der Waals surface area contributed by atoms with E-state index in [1.165, 1.54) is 5.01 Å². The van der Waals surface area contributed by atoms with Crippen LogP contribution >= 0.6 is 0 Å². The minimum absolute atomic E-state index is 0.0309. The molecule has 7 heteroatoms. The summed E-state index contributed by atoms with van der Waals surface area (Å²) >= 11 is 0. The fourth-order valence-corrected chi connectivity index (χ4v) is 3.83. The zero-order valence-electron chi connectivity index (χ0n) is 16.5. The molecule has 4 rings (SSSR count). The average Bonchev–Trinajstić information content (AvgIpc) is 3.43. The van der Waals surface area contributed by atoms with Crippen LogP contribution in [0.15, 0.2) is 23.3 Å². The molecule has 1 fully saturated rings. The van der Waals surface area contributed by atoms with E-state index in [0.29, 0.717) is 29.3 Å². The van der Waals surface area contributed by atoms with Gasteiger partial charge >= 0.3 is 0 Å². The smallest absolute Gasteiger partial charge is 0.246 e. The van der Waals surface area contributed by atoms with Crippen molar-refractivity contribution in [2.24, 2.45) is 22.9 Å². The minimum atomic E-state index is -0.954. The highest BCUT2D eigenvalue weighted by Crippen LogP contribution is 2.48. The number of aliphatic hydroxyl groups is 1. The van der Waals surface area contributed by atoms with Gasteiger partial charge in [-0.2, -0.15) is 5.26 Å². The number of amides is 1. The van der Waals surface area contributed by atoms with Gasteiger partial charge in [-0.1, -0.05) is 13.8 Å². The lowest BCUT2D eigenvalue weighted by Gasteiger charge is -2.42. The second-order valence-electron chi connectivity index (χ2n) is 8.75. The number of nitriles is 1. The quantitative estimate of drug-likeness (QED) is 0.866. The molecule has 28 heavy (non-hydrogen) atoms. The van der Waals surface area contributed by atoms with E-state index >= 15 is 0 Å². The second-order valence-corrected chi connectivity index (χ2v) is 8.75. The predicted octanol–water partition coefficient (Wildman–Crippen LogP) is 2.60. The van der Waals surface area contributed by atoms with Crippen LogP contribution in [0.5, 0.6) is 5.75 Å². The first-order valence-corrected chi connectivity index (χ1v) is 9.69. The summed E-state index contributed by atoms with van der Waals surface area (Å²) < 4.78 is 12.2. The standard InChI is InChI=1S/C21H25N3O4/c1-11(2)10-24-20(26)14-8-13(14)19(23-24)27-17-15-7-12(9-22)5-6-16(15)28-21(3,4)18(17)25/h5-7,11,13-14,17-18,25H,8,10H2,1-4H3/t13-,14+,17-,18+/m1/s1. The van der Waals surface area contributed by atoms with Crippen molar-refractivity contribution in [3.63, 3.8) is 0 Å². The Morgan fingerprint density at radius 2 is 2.18 bits per heavy atom. The lowest BCUT2D eigenvalue weighted by atomic mass is 9.87. The highest BCUT2D eigenvalue weighted by molar-refractivity contribution is 5.96. The van der Waals surface area contributed by atoms with Crippen LogP contribution in [-0.2, 0) is 9.53 Å². The molecule has 1 aliphatic carbocycles. The van der Waals surface area contributed by atoms with Crippen molar-refractivity contribution in [2.75, 3.05) is 6.54 Å². The number of nitrogens with zero attached hydrogens (tertiary/aromatic N) is 3. The Kier molecular flexibility index (Phi) is 4.35. The highest BCUT2D eigenvalue weighted by Gasteiger charge is 2.55. The minimum Gasteiger partial charge on any atom is -0.485 e. The van der Waals surface area contributed by atoms with E-state index in [2.05, 4.69) is 11.2 Å². The number of benzene rings is 1.